The van der Waals surface area contributed by atoms with E-state index < -0.39 is 0 Å². The maximum absolute atomic E-state index is 8.97. The molecule has 1 aliphatic heterocycles. The van der Waals surface area contributed by atoms with Crippen molar-refractivity contribution in [2.75, 3.05) is 40.4 Å². The molecule has 1 fully saturated rings. The van der Waals surface area contributed by atoms with E-state index in [-0.39, 0.29) is 6.04 Å². The SMILES string of the molecule is COc1ccnc(CN2CCN(C(C)C#N)CC2)c1OC. The molecule has 2 rings (SSSR count). The summed E-state index contributed by atoms with van der Waals surface area (Å²) in [5.74, 6) is 1.41. The van der Waals surface area contributed by atoms with Crippen LogP contribution in [0.4, 0.5) is 0 Å². The first kappa shape index (κ1) is 15.5. The predicted molar refractivity (Wildman–Crippen MR) is 79.3 cm³/mol. The molecule has 0 aromatic carbocycles. The maximum Gasteiger partial charge on any atom is 0.183 e. The quantitative estimate of drug-likeness (QED) is 0.810. The van der Waals surface area contributed by atoms with Gasteiger partial charge in [0.2, 0.25) is 0 Å². The number of ether oxygens (including phenoxy) is 2. The first-order chi connectivity index (χ1) is 10.2. The van der Waals surface area contributed by atoms with Crippen LogP contribution in [-0.2, 0) is 6.54 Å². The van der Waals surface area contributed by atoms with Gasteiger partial charge in [-0.25, -0.2) is 0 Å². The van der Waals surface area contributed by atoms with Crippen molar-refractivity contribution >= 4 is 0 Å². The average Bonchev–Trinajstić information content (AvgIpc) is 2.54. The van der Waals surface area contributed by atoms with Crippen molar-refractivity contribution in [1.82, 2.24) is 14.8 Å². The van der Waals surface area contributed by atoms with Gasteiger partial charge in [-0.3, -0.25) is 14.8 Å². The highest BCUT2D eigenvalue weighted by atomic mass is 16.5. The van der Waals surface area contributed by atoms with Gasteiger partial charge in [-0.2, -0.15) is 5.26 Å². The molecule has 0 bridgehead atoms. The van der Waals surface area contributed by atoms with E-state index in [0.29, 0.717) is 11.5 Å². The maximum atomic E-state index is 8.97. The number of nitrogens with zero attached hydrogens (tertiary/aromatic N) is 4. The lowest BCUT2D eigenvalue weighted by Crippen LogP contribution is -2.48. The summed E-state index contributed by atoms with van der Waals surface area (Å²) in [7, 11) is 3.26. The molecule has 6 nitrogen and oxygen atoms in total. The molecule has 0 spiro atoms. The molecule has 6 heteroatoms. The van der Waals surface area contributed by atoms with Gasteiger partial charge in [-0.05, 0) is 6.92 Å². The molecule has 1 aromatic rings. The van der Waals surface area contributed by atoms with Gasteiger partial charge in [0.25, 0.3) is 0 Å². The molecule has 1 aliphatic rings. The molecule has 2 heterocycles. The van der Waals surface area contributed by atoms with Crippen molar-refractivity contribution in [3.8, 4) is 17.6 Å². The van der Waals surface area contributed by atoms with Crippen molar-refractivity contribution in [3.63, 3.8) is 0 Å². The number of aromatic nitrogens is 1. The number of methoxy groups -OCH3 is 2. The smallest absolute Gasteiger partial charge is 0.183 e. The molecule has 0 radical (unpaired) electrons. The lowest BCUT2D eigenvalue weighted by Gasteiger charge is -2.35. The Morgan fingerprint density at radius 1 is 1.29 bits per heavy atom. The summed E-state index contributed by atoms with van der Waals surface area (Å²) in [6.45, 7) is 6.33. The molecule has 1 atom stereocenters. The third-order valence-corrected chi connectivity index (χ3v) is 3.88. The van der Waals surface area contributed by atoms with E-state index in [1.165, 1.54) is 0 Å². The van der Waals surface area contributed by atoms with Crippen molar-refractivity contribution in [1.29, 1.82) is 5.26 Å². The van der Waals surface area contributed by atoms with Gasteiger partial charge < -0.3 is 9.47 Å². The second-order valence-electron chi connectivity index (χ2n) is 5.11. The third-order valence-electron chi connectivity index (χ3n) is 3.88. The molecule has 1 aromatic heterocycles. The van der Waals surface area contributed by atoms with Crippen LogP contribution >= 0.6 is 0 Å². The topological polar surface area (TPSA) is 61.6 Å². The van der Waals surface area contributed by atoms with Crippen LogP contribution in [0.15, 0.2) is 12.3 Å². The summed E-state index contributed by atoms with van der Waals surface area (Å²) in [5, 5.41) is 8.97. The van der Waals surface area contributed by atoms with E-state index in [9.17, 15) is 0 Å². The van der Waals surface area contributed by atoms with Crippen LogP contribution in [-0.4, -0.2) is 61.2 Å². The van der Waals surface area contributed by atoms with E-state index in [4.69, 9.17) is 14.7 Å². The molecule has 1 unspecified atom stereocenters. The predicted octanol–water partition coefficient (Wildman–Crippen LogP) is 1.13. The lowest BCUT2D eigenvalue weighted by atomic mass is 10.2. The first-order valence-corrected chi connectivity index (χ1v) is 7.11. The highest BCUT2D eigenvalue weighted by molar-refractivity contribution is 5.42. The molecule has 1 saturated heterocycles. The summed E-state index contributed by atoms with van der Waals surface area (Å²) in [6, 6.07) is 4.07. The average molecular weight is 290 g/mol. The van der Waals surface area contributed by atoms with E-state index in [1.54, 1.807) is 26.5 Å². The fourth-order valence-electron chi connectivity index (χ4n) is 2.57. The number of pyridine rings is 1. The van der Waals surface area contributed by atoms with Gasteiger partial charge in [0, 0.05) is 45.0 Å². The number of nitriles is 1. The second-order valence-corrected chi connectivity index (χ2v) is 5.11. The van der Waals surface area contributed by atoms with Crippen molar-refractivity contribution in [3.05, 3.63) is 18.0 Å². The Hall–Kier alpha value is -1.84. The van der Waals surface area contributed by atoms with E-state index in [0.717, 1.165) is 38.4 Å². The fourth-order valence-corrected chi connectivity index (χ4v) is 2.57. The van der Waals surface area contributed by atoms with E-state index >= 15 is 0 Å². The zero-order chi connectivity index (χ0) is 15.2. The third kappa shape index (κ3) is 3.63. The van der Waals surface area contributed by atoms with Crippen LogP contribution in [0.2, 0.25) is 0 Å². The van der Waals surface area contributed by atoms with Gasteiger partial charge in [-0.15, -0.1) is 0 Å². The number of rotatable bonds is 5. The van der Waals surface area contributed by atoms with Gasteiger partial charge in [0.15, 0.2) is 11.5 Å². The minimum atomic E-state index is -0.0170. The Balaban J connectivity index is 2.00. The minimum absolute atomic E-state index is 0.0170. The van der Waals surface area contributed by atoms with Crippen LogP contribution in [0.1, 0.15) is 12.6 Å². The van der Waals surface area contributed by atoms with Gasteiger partial charge in [0.05, 0.1) is 26.3 Å². The van der Waals surface area contributed by atoms with Crippen LogP contribution in [0.5, 0.6) is 11.5 Å². The van der Waals surface area contributed by atoms with Crippen molar-refractivity contribution in [2.45, 2.75) is 19.5 Å². The Morgan fingerprint density at radius 2 is 2.00 bits per heavy atom. The Morgan fingerprint density at radius 3 is 2.57 bits per heavy atom. The minimum Gasteiger partial charge on any atom is -0.493 e. The van der Waals surface area contributed by atoms with Crippen LogP contribution in [0, 0.1) is 11.3 Å². The second kappa shape index (κ2) is 7.25. The molecule has 0 amide bonds. The van der Waals surface area contributed by atoms with Crippen LogP contribution in [0.3, 0.4) is 0 Å². The molecule has 0 N–H and O–H groups in total. The number of hydrogen-bond acceptors (Lipinski definition) is 6. The Labute approximate surface area is 125 Å². The Bertz CT molecular complexity index is 507. The van der Waals surface area contributed by atoms with E-state index in [2.05, 4.69) is 20.9 Å². The van der Waals surface area contributed by atoms with Crippen LogP contribution in [0.25, 0.3) is 0 Å². The molecular formula is C15H22N4O2. The normalized spacial score (nSPS) is 18.0. The van der Waals surface area contributed by atoms with Crippen molar-refractivity contribution < 1.29 is 9.47 Å². The Kier molecular flexibility index (Phi) is 5.37. The molecule has 114 valence electrons. The number of hydrogen-bond donors (Lipinski definition) is 0. The zero-order valence-corrected chi connectivity index (χ0v) is 12.9. The summed E-state index contributed by atoms with van der Waals surface area (Å²) >= 11 is 0. The van der Waals surface area contributed by atoms with Crippen molar-refractivity contribution in [2.24, 2.45) is 0 Å². The molecular weight excluding hydrogens is 268 g/mol. The highest BCUT2D eigenvalue weighted by Crippen LogP contribution is 2.29. The highest BCUT2D eigenvalue weighted by Gasteiger charge is 2.22. The largest absolute Gasteiger partial charge is 0.493 e. The summed E-state index contributed by atoms with van der Waals surface area (Å²) in [4.78, 5) is 8.94. The monoisotopic (exact) mass is 290 g/mol. The first-order valence-electron chi connectivity index (χ1n) is 7.11. The van der Waals surface area contributed by atoms with Gasteiger partial charge >= 0.3 is 0 Å². The number of piperazine rings is 1. The zero-order valence-electron chi connectivity index (χ0n) is 12.9. The summed E-state index contributed by atoms with van der Waals surface area (Å²) in [5.41, 5.74) is 0.888. The molecule has 0 saturated carbocycles. The lowest BCUT2D eigenvalue weighted by molar-refractivity contribution is 0.112. The molecule has 0 aliphatic carbocycles. The fraction of sp³-hybridized carbons (Fsp3) is 0.600. The summed E-state index contributed by atoms with van der Waals surface area (Å²) in [6.07, 6.45) is 1.74. The molecule has 21 heavy (non-hydrogen) atoms. The van der Waals surface area contributed by atoms with E-state index in [1.807, 2.05) is 6.92 Å². The van der Waals surface area contributed by atoms with Crippen LogP contribution < -0.4 is 9.47 Å². The van der Waals surface area contributed by atoms with Gasteiger partial charge in [0.1, 0.15) is 5.69 Å². The van der Waals surface area contributed by atoms with Gasteiger partial charge in [-0.1, -0.05) is 0 Å². The standard InChI is InChI=1S/C15H22N4O2/c1-12(10-16)19-8-6-18(7-9-19)11-13-15(21-3)14(20-2)4-5-17-13/h4-5,12H,6-9,11H2,1-3H3. The summed E-state index contributed by atoms with van der Waals surface area (Å²) < 4.78 is 10.7.